The minimum atomic E-state index is -6.83. The van der Waals surface area contributed by atoms with Gasteiger partial charge < -0.3 is 0 Å². The zero-order valence-electron chi connectivity index (χ0n) is 14.4. The third-order valence-corrected chi connectivity index (χ3v) is 3.91. The summed E-state index contributed by atoms with van der Waals surface area (Å²) in [5.41, 5.74) is -1.99. The van der Waals surface area contributed by atoms with E-state index in [1.165, 1.54) is 30.3 Å². The van der Waals surface area contributed by atoms with E-state index in [0.717, 1.165) is 0 Å². The molecule has 166 valence electrons. The van der Waals surface area contributed by atoms with Crippen LogP contribution >= 0.6 is 0 Å². The molecule has 0 aliphatic rings. The summed E-state index contributed by atoms with van der Waals surface area (Å²) < 4.78 is 130. The lowest BCUT2D eigenvalue weighted by atomic mass is 10.1. The van der Waals surface area contributed by atoms with Crippen LogP contribution in [0, 0.1) is 0 Å². The summed E-state index contributed by atoms with van der Waals surface area (Å²) in [4.78, 5) is 18.2. The Morgan fingerprint density at radius 2 is 1.42 bits per heavy atom. The zero-order chi connectivity index (χ0) is 23.4. The second-order valence-electron chi connectivity index (χ2n) is 6.01. The first-order valence-electron chi connectivity index (χ1n) is 7.85. The maximum absolute atomic E-state index is 13.6. The van der Waals surface area contributed by atoms with E-state index in [9.17, 15) is 48.7 Å². The lowest BCUT2D eigenvalue weighted by Crippen LogP contribution is -2.56. The quantitative estimate of drug-likeness (QED) is 0.414. The smallest absolute Gasteiger partial charge is 0.283 e. The van der Waals surface area contributed by atoms with Crippen molar-refractivity contribution in [3.8, 4) is 11.3 Å². The molecular weight excluding hydrogens is 454 g/mol. The highest BCUT2D eigenvalue weighted by molar-refractivity contribution is 5.99. The Balaban J connectivity index is 2.20. The van der Waals surface area contributed by atoms with Crippen molar-refractivity contribution < 1.29 is 48.7 Å². The Bertz CT molecular complexity index is 1130. The molecule has 0 spiro atoms. The van der Waals surface area contributed by atoms with Gasteiger partial charge in [-0.2, -0.15) is 53.4 Å². The van der Waals surface area contributed by atoms with Gasteiger partial charge in [-0.25, -0.2) is 4.98 Å². The van der Waals surface area contributed by atoms with Gasteiger partial charge in [0.1, 0.15) is 0 Å². The molecule has 5 nitrogen and oxygen atoms in total. The summed E-state index contributed by atoms with van der Waals surface area (Å²) >= 11 is 0. The number of alkyl halides is 10. The van der Waals surface area contributed by atoms with Crippen LogP contribution in [0.15, 0.2) is 36.4 Å². The normalized spacial score (nSPS) is 13.6. The molecule has 0 aliphatic heterocycles. The standard InChI is InChI=1S/C16H6F10N4O/c17-13(18,15(22,23)16(24,25)26)10(31)11-28-12-27-8(7-4-2-1-3-5-7)6-9(14(19,20)21)30(12)29-11/h1-6H. The van der Waals surface area contributed by atoms with Crippen LogP contribution in [-0.2, 0) is 6.18 Å². The number of hydrogen-bond acceptors (Lipinski definition) is 4. The number of rotatable bonds is 4. The number of carbonyl (C=O) groups is 1. The Hall–Kier alpha value is -3.26. The lowest BCUT2D eigenvalue weighted by molar-refractivity contribution is -0.339. The van der Waals surface area contributed by atoms with Crippen LogP contribution in [0.1, 0.15) is 16.3 Å². The summed E-state index contributed by atoms with van der Waals surface area (Å²) in [5, 5.41) is 2.77. The maximum Gasteiger partial charge on any atom is 0.460 e. The number of nitrogens with zero attached hydrogens (tertiary/aromatic N) is 4. The Kier molecular flexibility index (Phi) is 4.98. The van der Waals surface area contributed by atoms with Crippen LogP contribution in [0.3, 0.4) is 0 Å². The van der Waals surface area contributed by atoms with Gasteiger partial charge in [-0.3, -0.25) is 4.79 Å². The maximum atomic E-state index is 13.6. The van der Waals surface area contributed by atoms with E-state index in [4.69, 9.17) is 0 Å². The summed E-state index contributed by atoms with van der Waals surface area (Å²) in [7, 11) is 0. The highest BCUT2D eigenvalue weighted by Gasteiger charge is 2.76. The molecule has 0 aliphatic carbocycles. The zero-order valence-corrected chi connectivity index (χ0v) is 14.4. The second kappa shape index (κ2) is 6.88. The molecule has 0 N–H and O–H groups in total. The first-order chi connectivity index (χ1) is 14.1. The largest absolute Gasteiger partial charge is 0.460 e. The Morgan fingerprint density at radius 1 is 0.839 bits per heavy atom. The molecule has 0 amide bonds. The summed E-state index contributed by atoms with van der Waals surface area (Å²) in [5.74, 6) is -19.6. The highest BCUT2D eigenvalue weighted by Crippen LogP contribution is 2.47. The van der Waals surface area contributed by atoms with Crippen LogP contribution < -0.4 is 0 Å². The Labute approximate surface area is 164 Å². The van der Waals surface area contributed by atoms with Crippen molar-refractivity contribution in [2.24, 2.45) is 0 Å². The van der Waals surface area contributed by atoms with Crippen molar-refractivity contribution in [3.05, 3.63) is 47.9 Å². The van der Waals surface area contributed by atoms with Crippen LogP contribution in [0.25, 0.3) is 17.0 Å². The first-order valence-corrected chi connectivity index (χ1v) is 7.85. The van der Waals surface area contributed by atoms with Gasteiger partial charge in [0.15, 0.2) is 5.69 Å². The number of Topliss-reactive ketones (excluding diaryl/α,β-unsaturated/α-hetero) is 1. The van der Waals surface area contributed by atoms with Gasteiger partial charge in [-0.05, 0) is 6.07 Å². The molecule has 0 saturated heterocycles. The van der Waals surface area contributed by atoms with E-state index < -0.39 is 53.0 Å². The molecule has 0 unspecified atom stereocenters. The van der Waals surface area contributed by atoms with Crippen molar-refractivity contribution in [1.82, 2.24) is 19.6 Å². The van der Waals surface area contributed by atoms with E-state index in [0.29, 0.717) is 6.07 Å². The molecule has 31 heavy (non-hydrogen) atoms. The minimum Gasteiger partial charge on any atom is -0.283 e. The predicted molar refractivity (Wildman–Crippen MR) is 81.5 cm³/mol. The van der Waals surface area contributed by atoms with Gasteiger partial charge >= 0.3 is 24.2 Å². The number of ketones is 1. The van der Waals surface area contributed by atoms with E-state index in [-0.39, 0.29) is 10.1 Å². The number of fused-ring (bicyclic) bond motifs is 1. The molecule has 1 aromatic carbocycles. The van der Waals surface area contributed by atoms with E-state index >= 15 is 0 Å². The van der Waals surface area contributed by atoms with Gasteiger partial charge in [0.25, 0.3) is 11.6 Å². The average molecular weight is 460 g/mol. The SMILES string of the molecule is O=C(c1nc2nc(-c3ccccc3)cc(C(F)(F)F)n2n1)C(F)(F)C(F)(F)C(F)(F)F. The molecule has 0 saturated carbocycles. The van der Waals surface area contributed by atoms with Crippen LogP contribution in [0.4, 0.5) is 43.9 Å². The summed E-state index contributed by atoms with van der Waals surface area (Å²) in [6.45, 7) is 0. The molecule has 0 bridgehead atoms. The third-order valence-electron chi connectivity index (χ3n) is 3.91. The molecule has 2 aromatic heterocycles. The van der Waals surface area contributed by atoms with Crippen LogP contribution in [-0.4, -0.2) is 43.4 Å². The van der Waals surface area contributed by atoms with Gasteiger partial charge in [-0.1, -0.05) is 30.3 Å². The van der Waals surface area contributed by atoms with E-state index in [2.05, 4.69) is 15.1 Å². The number of halogens is 10. The highest BCUT2D eigenvalue weighted by atomic mass is 19.4. The van der Waals surface area contributed by atoms with Crippen LogP contribution in [0.2, 0.25) is 0 Å². The second-order valence-corrected chi connectivity index (χ2v) is 6.01. The lowest BCUT2D eigenvalue weighted by Gasteiger charge is -2.25. The van der Waals surface area contributed by atoms with Gasteiger partial charge in [0, 0.05) is 5.56 Å². The fourth-order valence-corrected chi connectivity index (χ4v) is 2.38. The van der Waals surface area contributed by atoms with Gasteiger partial charge in [0.05, 0.1) is 5.69 Å². The molecule has 0 fully saturated rings. The van der Waals surface area contributed by atoms with Gasteiger partial charge in [-0.15, -0.1) is 5.10 Å². The molecular formula is C16H6F10N4O. The van der Waals surface area contributed by atoms with E-state index in [1.807, 2.05) is 0 Å². The molecule has 15 heteroatoms. The topological polar surface area (TPSA) is 60.2 Å². The van der Waals surface area contributed by atoms with Crippen molar-refractivity contribution in [3.63, 3.8) is 0 Å². The molecule has 3 aromatic rings. The molecule has 3 rings (SSSR count). The van der Waals surface area contributed by atoms with Crippen LogP contribution in [0.5, 0.6) is 0 Å². The molecule has 0 radical (unpaired) electrons. The number of benzene rings is 1. The van der Waals surface area contributed by atoms with Gasteiger partial charge in [0.2, 0.25) is 5.82 Å². The fraction of sp³-hybridized carbons (Fsp3) is 0.250. The average Bonchev–Trinajstić information content (AvgIpc) is 3.09. The fourth-order valence-electron chi connectivity index (χ4n) is 2.38. The number of carbonyl (C=O) groups excluding carboxylic acids is 1. The van der Waals surface area contributed by atoms with Crippen molar-refractivity contribution >= 4 is 11.6 Å². The minimum absolute atomic E-state index is 0.0975. The summed E-state index contributed by atoms with van der Waals surface area (Å²) in [6.07, 6.45) is -12.0. The number of aromatic nitrogens is 4. The molecule has 2 heterocycles. The van der Waals surface area contributed by atoms with Crippen molar-refractivity contribution in [1.29, 1.82) is 0 Å². The molecule has 0 atom stereocenters. The Morgan fingerprint density at radius 3 is 1.94 bits per heavy atom. The van der Waals surface area contributed by atoms with Crippen molar-refractivity contribution in [2.45, 2.75) is 24.2 Å². The van der Waals surface area contributed by atoms with Crippen molar-refractivity contribution in [2.75, 3.05) is 0 Å². The summed E-state index contributed by atoms with van der Waals surface area (Å²) in [6, 6.07) is 7.41. The third kappa shape index (κ3) is 3.67. The predicted octanol–water partition coefficient (Wildman–Crippen LogP) is 4.83. The first kappa shape index (κ1) is 22.4. The monoisotopic (exact) mass is 460 g/mol. The number of hydrogen-bond donors (Lipinski definition) is 0. The van der Waals surface area contributed by atoms with E-state index in [1.54, 1.807) is 0 Å².